The molecule has 3 rings (SSSR count). The van der Waals surface area contributed by atoms with Crippen LogP contribution in [0.25, 0.3) is 0 Å². The lowest BCUT2D eigenvalue weighted by Crippen LogP contribution is -2.31. The Labute approximate surface area is 178 Å². The number of benzene rings is 2. The first-order valence-electron chi connectivity index (χ1n) is 9.04. The molecule has 0 spiro atoms. The lowest BCUT2D eigenvalue weighted by Gasteiger charge is -2.29. The first kappa shape index (κ1) is 21.2. The second-order valence-electron chi connectivity index (χ2n) is 6.73. The van der Waals surface area contributed by atoms with Crippen molar-refractivity contribution < 1.29 is 9.66 Å². The number of halogens is 2. The van der Waals surface area contributed by atoms with Crippen LogP contribution in [-0.4, -0.2) is 25.0 Å². The molecule has 4 nitrogen and oxygen atoms in total. The van der Waals surface area contributed by atoms with Gasteiger partial charge < -0.3 is 14.2 Å². The fraction of sp³-hybridized carbons (Fsp3) is 0.286. The molecular formula is C21H22Cl2N2O2S. The first-order valence-corrected chi connectivity index (χ1v) is 11.1. The molecule has 148 valence electrons. The molecule has 0 saturated heterocycles. The van der Waals surface area contributed by atoms with E-state index in [0.29, 0.717) is 28.8 Å². The van der Waals surface area contributed by atoms with E-state index in [1.165, 1.54) is 0 Å². The van der Waals surface area contributed by atoms with E-state index in [4.69, 9.17) is 23.2 Å². The van der Waals surface area contributed by atoms with Gasteiger partial charge in [-0.05, 0) is 72.4 Å². The van der Waals surface area contributed by atoms with E-state index in [2.05, 4.69) is 4.98 Å². The van der Waals surface area contributed by atoms with E-state index in [1.807, 2.05) is 22.9 Å². The highest BCUT2D eigenvalue weighted by Gasteiger charge is 2.29. The topological polar surface area (TPSA) is 61.1 Å². The van der Waals surface area contributed by atoms with Crippen LogP contribution in [0.4, 0.5) is 0 Å². The normalized spacial score (nSPS) is 14.6. The van der Waals surface area contributed by atoms with Crippen LogP contribution in [0.2, 0.25) is 10.0 Å². The Morgan fingerprint density at radius 1 is 1.00 bits per heavy atom. The van der Waals surface area contributed by atoms with E-state index >= 15 is 0 Å². The third kappa shape index (κ3) is 5.75. The Balaban J connectivity index is 1.61. The molecule has 0 aliphatic carbocycles. The van der Waals surface area contributed by atoms with Crippen molar-refractivity contribution in [2.75, 3.05) is 5.75 Å². The fourth-order valence-electron chi connectivity index (χ4n) is 3.11. The molecule has 2 atom stereocenters. The summed E-state index contributed by atoms with van der Waals surface area (Å²) in [4.78, 5) is 4.83. The van der Waals surface area contributed by atoms with E-state index in [9.17, 15) is 9.66 Å². The van der Waals surface area contributed by atoms with E-state index < -0.39 is 16.8 Å². The Hall–Kier alpha value is -1.50. The summed E-state index contributed by atoms with van der Waals surface area (Å²) in [5.41, 5.74) is -0.239. The van der Waals surface area contributed by atoms with E-state index in [0.717, 1.165) is 23.3 Å². The molecule has 0 fully saturated rings. The molecule has 28 heavy (non-hydrogen) atoms. The van der Waals surface area contributed by atoms with Gasteiger partial charge in [0.05, 0.1) is 12.9 Å². The summed E-state index contributed by atoms with van der Waals surface area (Å²) in [6.45, 7) is 0.398. The maximum Gasteiger partial charge on any atom is 0.152 e. The van der Waals surface area contributed by atoms with Gasteiger partial charge in [0.2, 0.25) is 0 Å². The zero-order chi connectivity index (χ0) is 20.0. The van der Waals surface area contributed by atoms with Crippen molar-refractivity contribution in [1.29, 1.82) is 0 Å². The Kier molecular flexibility index (Phi) is 7.43. The number of nitrogens with zero attached hydrogens (tertiary/aromatic N) is 2. The molecule has 0 radical (unpaired) electrons. The Morgan fingerprint density at radius 2 is 1.64 bits per heavy atom. The summed E-state index contributed by atoms with van der Waals surface area (Å²) < 4.78 is 14.3. The lowest BCUT2D eigenvalue weighted by molar-refractivity contribution is 0.00753. The molecule has 1 aromatic heterocycles. The molecule has 2 unspecified atom stereocenters. The first-order chi connectivity index (χ1) is 13.5. The highest BCUT2D eigenvalue weighted by Crippen LogP contribution is 2.30. The molecule has 7 heteroatoms. The van der Waals surface area contributed by atoms with Crippen LogP contribution in [0.1, 0.15) is 24.8 Å². The van der Waals surface area contributed by atoms with Crippen LogP contribution in [0, 0.1) is 0 Å². The van der Waals surface area contributed by atoms with E-state index in [1.54, 1.807) is 48.9 Å². The third-order valence-corrected chi connectivity index (χ3v) is 6.59. The molecule has 0 bridgehead atoms. The van der Waals surface area contributed by atoms with Crippen LogP contribution in [0.3, 0.4) is 0 Å². The molecule has 0 aliphatic heterocycles. The molecule has 3 aromatic rings. The summed E-state index contributed by atoms with van der Waals surface area (Å²) in [5, 5.41) is 12.6. The van der Waals surface area contributed by atoms with Crippen LogP contribution in [-0.2, 0) is 23.3 Å². The highest BCUT2D eigenvalue weighted by molar-refractivity contribution is 7.91. The quantitative estimate of drug-likeness (QED) is 0.376. The molecule has 1 heterocycles. The third-order valence-electron chi connectivity index (χ3n) is 4.63. The zero-order valence-electron chi connectivity index (χ0n) is 15.3. The second-order valence-corrected chi connectivity index (χ2v) is 9.18. The number of rotatable bonds is 9. The minimum absolute atomic E-state index is 0.398. The standard InChI is InChI=1S/C21H22Cl2N2O2S/c22-18-5-3-17(4-6-18)21(26,15-25-13-12-24-16-25)11-1-2-14-28(27)20-9-7-19(23)8-10-20/h3-10,12-13,16,26H,1-2,11,14-15H2. The molecule has 0 amide bonds. The largest absolute Gasteiger partial charge is 0.611 e. The summed E-state index contributed by atoms with van der Waals surface area (Å²) in [6.07, 6.45) is 7.25. The maximum atomic E-state index is 12.4. The number of imidazole rings is 1. The van der Waals surface area contributed by atoms with Crippen molar-refractivity contribution in [3.05, 3.63) is 82.9 Å². The second kappa shape index (κ2) is 9.81. The van der Waals surface area contributed by atoms with Crippen molar-refractivity contribution >= 4 is 34.4 Å². The molecule has 0 aliphatic rings. The van der Waals surface area contributed by atoms with Crippen molar-refractivity contribution in [3.63, 3.8) is 0 Å². The van der Waals surface area contributed by atoms with Crippen LogP contribution >= 0.6 is 23.2 Å². The average Bonchev–Trinajstić information content (AvgIpc) is 3.19. The van der Waals surface area contributed by atoms with Gasteiger partial charge in [-0.2, -0.15) is 0 Å². The van der Waals surface area contributed by atoms with Crippen molar-refractivity contribution in [2.24, 2.45) is 0 Å². The van der Waals surface area contributed by atoms with Crippen molar-refractivity contribution in [1.82, 2.24) is 9.55 Å². The maximum absolute atomic E-state index is 12.4. The van der Waals surface area contributed by atoms with Gasteiger partial charge in [-0.1, -0.05) is 35.3 Å². The van der Waals surface area contributed by atoms with Gasteiger partial charge in [-0.3, -0.25) is 0 Å². The lowest BCUT2D eigenvalue weighted by atomic mass is 9.88. The van der Waals surface area contributed by atoms with Gasteiger partial charge in [0, 0.05) is 22.4 Å². The van der Waals surface area contributed by atoms with Crippen LogP contribution in [0.15, 0.2) is 72.1 Å². The molecule has 0 saturated carbocycles. The van der Waals surface area contributed by atoms with Crippen LogP contribution < -0.4 is 0 Å². The summed E-state index contributed by atoms with van der Waals surface area (Å²) in [5.74, 6) is 0.545. The fourth-order valence-corrected chi connectivity index (χ4v) is 4.51. The van der Waals surface area contributed by atoms with Gasteiger partial charge in [-0.25, -0.2) is 4.98 Å². The smallest absolute Gasteiger partial charge is 0.152 e. The summed E-state index contributed by atoms with van der Waals surface area (Å²) in [7, 11) is 0. The average molecular weight is 437 g/mol. The molecule has 1 N–H and O–H groups in total. The van der Waals surface area contributed by atoms with Gasteiger partial charge in [0.25, 0.3) is 0 Å². The number of aliphatic hydroxyl groups is 1. The van der Waals surface area contributed by atoms with Crippen molar-refractivity contribution in [2.45, 2.75) is 36.3 Å². The summed E-state index contributed by atoms with van der Waals surface area (Å²) >= 11 is 10.8. The number of hydrogen-bond donors (Lipinski definition) is 1. The van der Waals surface area contributed by atoms with Gasteiger partial charge in [0.1, 0.15) is 11.4 Å². The number of hydrogen-bond acceptors (Lipinski definition) is 3. The van der Waals surface area contributed by atoms with Gasteiger partial charge >= 0.3 is 0 Å². The Morgan fingerprint density at radius 3 is 2.25 bits per heavy atom. The zero-order valence-corrected chi connectivity index (χ0v) is 17.6. The minimum Gasteiger partial charge on any atom is -0.611 e. The predicted octanol–water partition coefficient (Wildman–Crippen LogP) is 5.06. The number of aromatic nitrogens is 2. The highest BCUT2D eigenvalue weighted by atomic mass is 35.5. The molecule has 2 aromatic carbocycles. The van der Waals surface area contributed by atoms with E-state index in [-0.39, 0.29) is 0 Å². The monoisotopic (exact) mass is 436 g/mol. The Bertz CT molecular complexity index is 857. The van der Waals surface area contributed by atoms with Crippen molar-refractivity contribution in [3.8, 4) is 0 Å². The molecular weight excluding hydrogens is 415 g/mol. The summed E-state index contributed by atoms with van der Waals surface area (Å²) in [6, 6.07) is 14.4. The van der Waals surface area contributed by atoms with Gasteiger partial charge in [0.15, 0.2) is 4.90 Å². The van der Waals surface area contributed by atoms with Gasteiger partial charge in [-0.15, -0.1) is 0 Å². The predicted molar refractivity (Wildman–Crippen MR) is 114 cm³/mol. The minimum atomic E-state index is -1.07. The SMILES string of the molecule is [O-][S+](CCCCC(O)(Cn1ccnc1)c1ccc(Cl)cc1)c1ccc(Cl)cc1. The number of unbranched alkanes of at least 4 members (excludes halogenated alkanes) is 1. The van der Waals surface area contributed by atoms with Crippen LogP contribution in [0.5, 0.6) is 0 Å².